The first-order valence-electron chi connectivity index (χ1n) is 13.0. The maximum atomic E-state index is 2.59. The smallest absolute Gasteiger partial charge is 1.00 e. The number of rotatable bonds is 6. The minimum atomic E-state index is -1.53. The van der Waals surface area contributed by atoms with Crippen LogP contribution in [0.2, 0.25) is 19.6 Å². The van der Waals surface area contributed by atoms with E-state index in [1.54, 1.807) is 21.1 Å². The molecule has 4 aromatic carbocycles. The minimum Gasteiger partial charge on any atom is -1.00 e. The molecule has 0 aliphatic carbocycles. The Balaban J connectivity index is 0.00000361. The number of hydrogen-bond acceptors (Lipinski definition) is 0. The van der Waals surface area contributed by atoms with Gasteiger partial charge in [-0.2, -0.15) is 0 Å². The van der Waals surface area contributed by atoms with Crippen LogP contribution in [-0.4, -0.2) is 16.9 Å². The molecule has 0 fully saturated rings. The van der Waals surface area contributed by atoms with Gasteiger partial charge in [-0.25, -0.2) is 0 Å². The molecule has 0 aromatic heterocycles. The third-order valence-electron chi connectivity index (χ3n) is 7.89. The summed E-state index contributed by atoms with van der Waals surface area (Å²) in [7, 11) is -2.94. The first kappa shape index (κ1) is 38.0. The van der Waals surface area contributed by atoms with Crippen LogP contribution in [0.15, 0.2) is 66.7 Å². The molecule has 0 heterocycles. The summed E-state index contributed by atoms with van der Waals surface area (Å²) < 4.78 is 0. The molecule has 0 N–H and O–H groups in total. The Bertz CT molecular complexity index is 1370. The summed E-state index contributed by atoms with van der Waals surface area (Å²) in [6, 6.07) is 26.9. The minimum absolute atomic E-state index is 0. The summed E-state index contributed by atoms with van der Waals surface area (Å²) in [5, 5.41) is 4.78. The van der Waals surface area contributed by atoms with Crippen molar-refractivity contribution in [2.24, 2.45) is 0 Å². The van der Waals surface area contributed by atoms with E-state index in [9.17, 15) is 0 Å². The van der Waals surface area contributed by atoms with Crippen LogP contribution < -0.4 is 52.8 Å². The van der Waals surface area contributed by atoms with Crippen molar-refractivity contribution in [2.45, 2.75) is 67.2 Å². The van der Waals surface area contributed by atoms with Crippen LogP contribution in [0, 0.1) is 41.5 Å². The summed E-state index contributed by atoms with van der Waals surface area (Å²) in [5.41, 5.74) is 13.0. The van der Waals surface area contributed by atoms with Gasteiger partial charge in [-0.1, -0.05) is 133 Å². The number of halogens is 3. The molecule has 0 amide bonds. The van der Waals surface area contributed by atoms with Gasteiger partial charge in [0.2, 0.25) is 0 Å². The second kappa shape index (κ2) is 15.3. The van der Waals surface area contributed by atoms with Crippen LogP contribution in [0.4, 0.5) is 0 Å². The van der Waals surface area contributed by atoms with E-state index in [2.05, 4.69) is 128 Å². The molecule has 1 unspecified atom stereocenters. The maximum Gasteiger partial charge on any atom is 4.00 e. The van der Waals surface area contributed by atoms with Crippen LogP contribution in [0.25, 0.3) is 11.1 Å². The fourth-order valence-electron chi connectivity index (χ4n) is 5.63. The molecular weight excluding hydrogens is 607 g/mol. The van der Waals surface area contributed by atoms with E-state index in [1.807, 2.05) is 0 Å². The van der Waals surface area contributed by atoms with Gasteiger partial charge in [0.05, 0.1) is 8.07 Å². The molecule has 0 spiro atoms. The zero-order chi connectivity index (χ0) is 25.5. The molecule has 4 rings (SSSR count). The standard InChI is InChI=1S/C33H41Si2.3ClH.Ti/c1-22-15-16-32(24(3)17-22)34(29-18-23(2)19-30(20-29)35(7,8)9)21-31-26(5)25(4)27(6)33(31)28-13-11-10-12-14-28;;;;/h10-20,34H,21H2,1-9H3;3*1H;/q-1;;;;+4/p-3. The molecule has 0 saturated heterocycles. The van der Waals surface area contributed by atoms with E-state index >= 15 is 0 Å². The predicted octanol–water partition coefficient (Wildman–Crippen LogP) is -2.40. The molecule has 6 heteroatoms. The molecule has 0 aliphatic rings. The molecule has 0 aliphatic heterocycles. The van der Waals surface area contributed by atoms with Gasteiger partial charge < -0.3 is 37.2 Å². The van der Waals surface area contributed by atoms with Crippen LogP contribution in [0.5, 0.6) is 0 Å². The van der Waals surface area contributed by atoms with Gasteiger partial charge in [-0.3, -0.25) is 0 Å². The van der Waals surface area contributed by atoms with E-state index < -0.39 is 16.9 Å². The molecule has 1 atom stereocenters. The predicted molar refractivity (Wildman–Crippen MR) is 162 cm³/mol. The fraction of sp³-hybridized carbons (Fsp3) is 0.303. The molecule has 206 valence electrons. The summed E-state index contributed by atoms with van der Waals surface area (Å²) in [6.07, 6.45) is 0. The van der Waals surface area contributed by atoms with Crippen LogP contribution in [0.3, 0.4) is 0 Å². The van der Waals surface area contributed by atoms with Crippen LogP contribution in [0.1, 0.15) is 38.9 Å². The Labute approximate surface area is 273 Å². The average molecular weight is 648 g/mol. The van der Waals surface area contributed by atoms with Crippen molar-refractivity contribution in [1.82, 2.24) is 0 Å². The summed E-state index contributed by atoms with van der Waals surface area (Å²) >= 11 is 0. The van der Waals surface area contributed by atoms with Gasteiger partial charge in [0.1, 0.15) is 8.80 Å². The van der Waals surface area contributed by atoms with Gasteiger partial charge in [-0.05, 0) is 26.8 Å². The van der Waals surface area contributed by atoms with Crippen LogP contribution in [-0.2, 0) is 27.8 Å². The Morgan fingerprint density at radius 1 is 0.692 bits per heavy atom. The SMILES string of the molecule is Cc1cc([SiH](Cc2c(C)c(C)c(C)[c-]2-c2ccccc2)c2ccc(C)cc2C)cc([Si](C)(C)C)c1.[Cl-].[Cl-].[Cl-].[Ti+4]. The quantitative estimate of drug-likeness (QED) is 0.162. The molecule has 0 bridgehead atoms. The molecule has 0 saturated carbocycles. The fourth-order valence-corrected chi connectivity index (χ4v) is 10.6. The van der Waals surface area contributed by atoms with Crippen molar-refractivity contribution < 1.29 is 58.9 Å². The van der Waals surface area contributed by atoms with Crippen LogP contribution >= 0.6 is 0 Å². The number of aryl methyl sites for hydroxylation is 3. The summed E-state index contributed by atoms with van der Waals surface area (Å²) in [6.45, 7) is 21.2. The first-order valence-corrected chi connectivity index (χ1v) is 18.4. The van der Waals surface area contributed by atoms with E-state index in [0.29, 0.717) is 0 Å². The zero-order valence-corrected chi connectivity index (χ0v) is 30.8. The molecule has 4 aromatic rings. The first-order chi connectivity index (χ1) is 16.5. The van der Waals surface area contributed by atoms with Crippen molar-refractivity contribution >= 4 is 32.4 Å². The van der Waals surface area contributed by atoms with Gasteiger partial charge in [-0.15, -0.1) is 39.9 Å². The third kappa shape index (κ3) is 8.29. The van der Waals surface area contributed by atoms with Crippen molar-refractivity contribution in [3.63, 3.8) is 0 Å². The Morgan fingerprint density at radius 3 is 1.87 bits per heavy atom. The second-order valence-electron chi connectivity index (χ2n) is 11.6. The molecule has 0 radical (unpaired) electrons. The molecule has 0 nitrogen and oxygen atoms in total. The van der Waals surface area contributed by atoms with E-state index in [1.165, 1.54) is 44.5 Å². The van der Waals surface area contributed by atoms with Crippen molar-refractivity contribution in [3.8, 4) is 11.1 Å². The average Bonchev–Trinajstić information content (AvgIpc) is 3.01. The van der Waals surface area contributed by atoms with E-state index in [4.69, 9.17) is 0 Å². The summed E-state index contributed by atoms with van der Waals surface area (Å²) in [5.74, 6) is 0. The van der Waals surface area contributed by atoms with Crippen molar-refractivity contribution in [3.05, 3.63) is 106 Å². The van der Waals surface area contributed by atoms with Gasteiger partial charge in [0.25, 0.3) is 0 Å². The molecular formula is C33H41Cl3Si2Ti. The molecule has 39 heavy (non-hydrogen) atoms. The number of benzene rings is 3. The van der Waals surface area contributed by atoms with Gasteiger partial charge in [0, 0.05) is 0 Å². The monoisotopic (exact) mass is 646 g/mol. The summed E-state index contributed by atoms with van der Waals surface area (Å²) in [4.78, 5) is 0. The normalized spacial score (nSPS) is 11.4. The Kier molecular flexibility index (Phi) is 14.9. The number of hydrogen-bond donors (Lipinski definition) is 0. The Morgan fingerprint density at radius 2 is 1.31 bits per heavy atom. The largest absolute Gasteiger partial charge is 4.00 e. The zero-order valence-electron chi connectivity index (χ0n) is 24.8. The van der Waals surface area contributed by atoms with Crippen molar-refractivity contribution in [2.75, 3.05) is 0 Å². The second-order valence-corrected chi connectivity index (χ2v) is 19.5. The van der Waals surface area contributed by atoms with Crippen molar-refractivity contribution in [1.29, 1.82) is 0 Å². The van der Waals surface area contributed by atoms with Gasteiger partial charge >= 0.3 is 21.7 Å². The van der Waals surface area contributed by atoms with Gasteiger partial charge in [0.15, 0.2) is 0 Å². The Hall–Kier alpha value is -0.972. The maximum absolute atomic E-state index is 2.59. The topological polar surface area (TPSA) is 0 Å². The third-order valence-corrected chi connectivity index (χ3v) is 13.3. The van der Waals surface area contributed by atoms with E-state index in [0.717, 1.165) is 6.04 Å². The van der Waals surface area contributed by atoms with E-state index in [-0.39, 0.29) is 58.9 Å².